The average molecular weight is 553 g/mol. The van der Waals surface area contributed by atoms with E-state index >= 15 is 0 Å². The molecule has 2 aromatic carbocycles. The summed E-state index contributed by atoms with van der Waals surface area (Å²) in [5, 5.41) is 13.1. The molecule has 5 rings (SSSR count). The van der Waals surface area contributed by atoms with E-state index in [1.54, 1.807) is 48.5 Å². The van der Waals surface area contributed by atoms with E-state index in [1.165, 1.54) is 4.98 Å². The van der Waals surface area contributed by atoms with Gasteiger partial charge in [-0.25, -0.2) is 4.79 Å². The maximum atomic E-state index is 13.9. The number of carbonyl (C=O) groups excluding carboxylic acids is 1. The highest BCUT2D eigenvalue weighted by atomic mass is 19.4. The largest absolute Gasteiger partial charge is 0.458 e. The minimum absolute atomic E-state index is 0.0723. The first-order chi connectivity index (χ1) is 18.4. The van der Waals surface area contributed by atoms with E-state index in [-0.39, 0.29) is 19.2 Å². The number of aliphatic hydroxyl groups is 1. The van der Waals surface area contributed by atoms with Crippen LogP contribution in [-0.4, -0.2) is 45.5 Å². The van der Waals surface area contributed by atoms with Crippen molar-refractivity contribution in [3.63, 3.8) is 0 Å². The molecule has 0 radical (unpaired) electrons. The zero-order chi connectivity index (χ0) is 28.1. The van der Waals surface area contributed by atoms with Crippen LogP contribution < -0.4 is 21.3 Å². The molecule has 9 nitrogen and oxygen atoms in total. The van der Waals surface area contributed by atoms with Crippen molar-refractivity contribution in [1.29, 1.82) is 0 Å². The Balaban J connectivity index is 1.34. The van der Waals surface area contributed by atoms with Crippen molar-refractivity contribution >= 4 is 5.91 Å². The Morgan fingerprint density at radius 1 is 1.03 bits per heavy atom. The minimum Gasteiger partial charge on any atom is -0.457 e. The van der Waals surface area contributed by atoms with Gasteiger partial charge in [0.15, 0.2) is 0 Å². The maximum Gasteiger partial charge on any atom is 0.458 e. The molecule has 2 aliphatic heterocycles. The van der Waals surface area contributed by atoms with Gasteiger partial charge in [-0.3, -0.25) is 19.1 Å². The summed E-state index contributed by atoms with van der Waals surface area (Å²) in [5.74, 6) is -5.81. The van der Waals surface area contributed by atoms with Crippen molar-refractivity contribution < 1.29 is 41.3 Å². The number of amides is 1. The van der Waals surface area contributed by atoms with E-state index in [9.17, 15) is 41.4 Å². The summed E-state index contributed by atoms with van der Waals surface area (Å²) < 4.78 is 78.0. The number of aromatic amines is 1. The number of aromatic nitrogens is 2. The van der Waals surface area contributed by atoms with Gasteiger partial charge in [-0.05, 0) is 12.1 Å². The number of halogens is 5. The highest BCUT2D eigenvalue weighted by molar-refractivity contribution is 5.89. The van der Waals surface area contributed by atoms with Crippen molar-refractivity contribution in [2.75, 3.05) is 6.54 Å². The SMILES string of the molecule is O=C(NC[C@@H]1O[C@H](n2cc(C(F)(F)C(F)(F)F)c(=O)[nH]c2=O)CC1O)C1c2ccccc2Oc2ccccc21. The predicted molar refractivity (Wildman–Crippen MR) is 124 cm³/mol. The smallest absolute Gasteiger partial charge is 0.457 e. The van der Waals surface area contributed by atoms with Crippen LogP contribution in [-0.2, 0) is 15.5 Å². The van der Waals surface area contributed by atoms with Gasteiger partial charge in [0.05, 0.1) is 12.0 Å². The minimum atomic E-state index is -6.09. The van der Waals surface area contributed by atoms with Gasteiger partial charge < -0.3 is 19.9 Å². The zero-order valence-electron chi connectivity index (χ0n) is 19.7. The molecule has 3 N–H and O–H groups in total. The van der Waals surface area contributed by atoms with E-state index < -0.39 is 59.2 Å². The van der Waals surface area contributed by atoms with Gasteiger partial charge in [-0.15, -0.1) is 0 Å². The Bertz CT molecular complexity index is 1490. The quantitative estimate of drug-likeness (QED) is 0.418. The first kappa shape index (κ1) is 26.6. The zero-order valence-corrected chi connectivity index (χ0v) is 19.7. The van der Waals surface area contributed by atoms with Gasteiger partial charge in [-0.1, -0.05) is 36.4 Å². The van der Waals surface area contributed by atoms with Crippen LogP contribution in [0.15, 0.2) is 64.3 Å². The molecule has 0 bridgehead atoms. The van der Waals surface area contributed by atoms with Crippen LogP contribution in [0.3, 0.4) is 0 Å². The number of para-hydroxylation sites is 2. The van der Waals surface area contributed by atoms with Crippen molar-refractivity contribution in [2.45, 2.75) is 42.9 Å². The van der Waals surface area contributed by atoms with E-state index in [1.807, 2.05) is 0 Å². The van der Waals surface area contributed by atoms with Crippen molar-refractivity contribution in [1.82, 2.24) is 14.9 Å². The van der Waals surface area contributed by atoms with Crippen LogP contribution >= 0.6 is 0 Å². The average Bonchev–Trinajstić information content (AvgIpc) is 3.24. The number of rotatable bonds is 5. The number of benzene rings is 2. The number of aliphatic hydroxyl groups excluding tert-OH is 1. The number of hydrogen-bond donors (Lipinski definition) is 3. The Morgan fingerprint density at radius 2 is 1.62 bits per heavy atom. The van der Waals surface area contributed by atoms with Crippen LogP contribution in [0.1, 0.15) is 35.3 Å². The van der Waals surface area contributed by atoms with Crippen molar-refractivity contribution in [2.24, 2.45) is 0 Å². The van der Waals surface area contributed by atoms with Gasteiger partial charge in [0, 0.05) is 30.3 Å². The summed E-state index contributed by atoms with van der Waals surface area (Å²) in [6.45, 7) is -0.276. The van der Waals surface area contributed by atoms with E-state index in [2.05, 4.69) is 5.32 Å². The van der Waals surface area contributed by atoms with Gasteiger partial charge >= 0.3 is 17.8 Å². The first-order valence-electron chi connectivity index (χ1n) is 11.7. The lowest BCUT2D eigenvalue weighted by Crippen LogP contribution is -2.43. The van der Waals surface area contributed by atoms with Gasteiger partial charge in [0.2, 0.25) is 5.91 Å². The highest BCUT2D eigenvalue weighted by Crippen LogP contribution is 2.44. The molecule has 0 spiro atoms. The third-order valence-electron chi connectivity index (χ3n) is 6.60. The Kier molecular flexibility index (Phi) is 6.55. The van der Waals surface area contributed by atoms with Crippen LogP contribution in [0.25, 0.3) is 0 Å². The number of hydrogen-bond acceptors (Lipinski definition) is 6. The molecular weight excluding hydrogens is 533 g/mol. The van der Waals surface area contributed by atoms with E-state index in [0.29, 0.717) is 27.2 Å². The molecule has 0 saturated carbocycles. The lowest BCUT2D eigenvalue weighted by molar-refractivity contribution is -0.290. The number of ether oxygens (including phenoxy) is 2. The molecule has 3 atom stereocenters. The lowest BCUT2D eigenvalue weighted by atomic mass is 9.87. The van der Waals surface area contributed by atoms with Crippen molar-refractivity contribution in [3.8, 4) is 11.5 Å². The fraction of sp³-hybridized carbons (Fsp3) is 0.320. The Morgan fingerprint density at radius 3 is 2.21 bits per heavy atom. The number of H-pyrrole nitrogens is 1. The molecule has 14 heteroatoms. The second-order valence-electron chi connectivity index (χ2n) is 9.07. The standard InChI is InChI=1S/C25H20F5N3O6/c26-24(27,25(28,29)30)14-11-33(23(37)32-21(14)35)19-9-15(34)18(39-19)10-31-22(36)20-12-5-1-3-7-16(12)38-17-8-4-2-6-13(17)20/h1-8,11,15,18-20,34H,9-10H2,(H,31,36)(H,32,35,37)/t15?,18-,19-/m0/s1. The third-order valence-corrected chi connectivity index (χ3v) is 6.60. The summed E-state index contributed by atoms with van der Waals surface area (Å²) >= 11 is 0. The summed E-state index contributed by atoms with van der Waals surface area (Å²) in [6, 6.07) is 13.8. The van der Waals surface area contributed by atoms with Crippen LogP contribution in [0.5, 0.6) is 11.5 Å². The highest BCUT2D eigenvalue weighted by Gasteiger charge is 2.60. The topological polar surface area (TPSA) is 123 Å². The molecule has 3 heterocycles. The number of alkyl halides is 5. The number of carbonyl (C=O) groups is 1. The predicted octanol–water partition coefficient (Wildman–Crippen LogP) is 2.89. The van der Waals surface area contributed by atoms with Gasteiger partial charge in [0.1, 0.15) is 29.4 Å². The molecule has 0 aliphatic carbocycles. The molecule has 1 amide bonds. The Hall–Kier alpha value is -4.04. The molecule has 1 saturated heterocycles. The molecule has 2 aliphatic rings. The molecule has 206 valence electrons. The number of nitrogens with one attached hydrogen (secondary N) is 2. The second kappa shape index (κ2) is 9.61. The number of fused-ring (bicyclic) bond motifs is 2. The first-order valence-corrected chi connectivity index (χ1v) is 11.7. The van der Waals surface area contributed by atoms with E-state index in [4.69, 9.17) is 9.47 Å². The van der Waals surface area contributed by atoms with Crippen LogP contribution in [0, 0.1) is 0 Å². The van der Waals surface area contributed by atoms with E-state index in [0.717, 1.165) is 0 Å². The summed E-state index contributed by atoms with van der Waals surface area (Å²) in [5.41, 5.74) is -4.02. The van der Waals surface area contributed by atoms with Crippen molar-refractivity contribution in [3.05, 3.63) is 92.3 Å². The summed E-state index contributed by atoms with van der Waals surface area (Å²) in [7, 11) is 0. The molecular formula is C25H20F5N3O6. The molecule has 39 heavy (non-hydrogen) atoms. The summed E-state index contributed by atoms with van der Waals surface area (Å²) in [6.07, 6.45) is -10.4. The third kappa shape index (κ3) is 4.69. The fourth-order valence-corrected chi connectivity index (χ4v) is 4.64. The normalized spacial score (nSPS) is 21.1. The number of nitrogens with zero attached hydrogens (tertiary/aromatic N) is 1. The molecule has 3 aromatic rings. The van der Waals surface area contributed by atoms with Crippen LogP contribution in [0.2, 0.25) is 0 Å². The van der Waals surface area contributed by atoms with Gasteiger partial charge in [0.25, 0.3) is 5.56 Å². The van der Waals surface area contributed by atoms with Crippen LogP contribution in [0.4, 0.5) is 22.0 Å². The fourth-order valence-electron chi connectivity index (χ4n) is 4.64. The molecule has 1 fully saturated rings. The lowest BCUT2D eigenvalue weighted by Gasteiger charge is -2.28. The Labute approximate surface area is 215 Å². The summed E-state index contributed by atoms with van der Waals surface area (Å²) in [4.78, 5) is 38.7. The second-order valence-corrected chi connectivity index (χ2v) is 9.07. The molecule has 1 unspecified atom stereocenters. The maximum absolute atomic E-state index is 13.9. The molecule has 1 aromatic heterocycles. The monoisotopic (exact) mass is 553 g/mol. The van der Waals surface area contributed by atoms with Gasteiger partial charge in [-0.2, -0.15) is 22.0 Å².